The second-order valence-electron chi connectivity index (χ2n) is 9.24. The fourth-order valence-electron chi connectivity index (χ4n) is 5.10. The molecule has 1 saturated heterocycles. The SMILES string of the molecule is Cc1ccc(F)c2ccnc(N(C(=O)c3ccc(-c4cnn5cccnc45)cc3F)[C@@H]3CCCNC3)c12. The van der Waals surface area contributed by atoms with Gasteiger partial charge in [0.1, 0.15) is 17.5 Å². The first-order chi connectivity index (χ1) is 18.0. The third-order valence-electron chi connectivity index (χ3n) is 6.94. The molecule has 0 unspecified atom stereocenters. The van der Waals surface area contributed by atoms with Crippen LogP contribution in [0.2, 0.25) is 0 Å². The molecule has 2 aromatic carbocycles. The number of rotatable bonds is 4. The van der Waals surface area contributed by atoms with Gasteiger partial charge in [-0.15, -0.1) is 0 Å². The van der Waals surface area contributed by atoms with E-state index in [-0.39, 0.29) is 11.6 Å². The first kappa shape index (κ1) is 23.2. The van der Waals surface area contributed by atoms with Crippen molar-refractivity contribution in [2.45, 2.75) is 25.8 Å². The number of pyridine rings is 1. The van der Waals surface area contributed by atoms with Crippen molar-refractivity contribution in [3.05, 3.63) is 90.0 Å². The van der Waals surface area contributed by atoms with Crippen LogP contribution in [0.3, 0.4) is 0 Å². The summed E-state index contributed by atoms with van der Waals surface area (Å²) < 4.78 is 31.9. The lowest BCUT2D eigenvalue weighted by atomic mass is 10.00. The Morgan fingerprint density at radius 3 is 2.81 bits per heavy atom. The summed E-state index contributed by atoms with van der Waals surface area (Å²) in [6.07, 6.45) is 8.10. The predicted octanol–water partition coefficient (Wildman–Crippen LogP) is 4.93. The van der Waals surface area contributed by atoms with Gasteiger partial charge in [-0.3, -0.25) is 9.69 Å². The molecule has 1 amide bonds. The lowest BCUT2D eigenvalue weighted by molar-refractivity contribution is 0.0968. The number of nitrogens with one attached hydrogen (secondary N) is 1. The third kappa shape index (κ3) is 4.01. The van der Waals surface area contributed by atoms with Crippen LogP contribution in [0.4, 0.5) is 14.6 Å². The normalized spacial score (nSPS) is 15.8. The monoisotopic (exact) mass is 498 g/mol. The second kappa shape index (κ2) is 9.33. The van der Waals surface area contributed by atoms with E-state index >= 15 is 4.39 Å². The Bertz CT molecular complexity index is 1640. The number of aromatic nitrogens is 4. The molecule has 9 heteroatoms. The molecule has 1 aliphatic heterocycles. The van der Waals surface area contributed by atoms with Crippen molar-refractivity contribution in [3.8, 4) is 11.1 Å². The summed E-state index contributed by atoms with van der Waals surface area (Å²) in [6.45, 7) is 3.23. The van der Waals surface area contributed by atoms with E-state index in [0.717, 1.165) is 24.9 Å². The van der Waals surface area contributed by atoms with E-state index in [2.05, 4.69) is 20.4 Å². The molecule has 0 radical (unpaired) electrons. The van der Waals surface area contributed by atoms with E-state index in [4.69, 9.17) is 0 Å². The molecule has 186 valence electrons. The highest BCUT2D eigenvalue weighted by Crippen LogP contribution is 2.33. The van der Waals surface area contributed by atoms with E-state index in [1.54, 1.807) is 47.4 Å². The number of halogens is 2. The maximum Gasteiger partial charge on any atom is 0.262 e. The van der Waals surface area contributed by atoms with Crippen LogP contribution in [0.25, 0.3) is 27.5 Å². The molecule has 1 fully saturated rings. The predicted molar refractivity (Wildman–Crippen MR) is 138 cm³/mol. The zero-order chi connectivity index (χ0) is 25.5. The standard InChI is InChI=1S/C28H24F2N6O/c1-17-5-8-23(29)20-9-12-33-27(25(17)20)36(19-4-2-10-31-15-19)28(37)21-7-6-18(14-24(21)30)22-16-34-35-13-3-11-32-26(22)35/h3,5-9,11-14,16,19,31H,2,4,10,15H2,1H3/t19-/m1/s1. The van der Waals surface area contributed by atoms with Crippen molar-refractivity contribution in [1.82, 2.24) is 24.9 Å². The van der Waals surface area contributed by atoms with Gasteiger partial charge in [-0.1, -0.05) is 12.1 Å². The largest absolute Gasteiger partial charge is 0.315 e. The Hall–Kier alpha value is -4.24. The molecule has 7 nitrogen and oxygen atoms in total. The van der Waals surface area contributed by atoms with Gasteiger partial charge >= 0.3 is 0 Å². The lowest BCUT2D eigenvalue weighted by Crippen LogP contribution is -2.49. The second-order valence-corrected chi connectivity index (χ2v) is 9.24. The van der Waals surface area contributed by atoms with Crippen molar-refractivity contribution >= 4 is 28.1 Å². The average Bonchev–Trinajstić information content (AvgIpc) is 3.36. The van der Waals surface area contributed by atoms with Gasteiger partial charge < -0.3 is 5.32 Å². The fraction of sp³-hybridized carbons (Fsp3) is 0.214. The van der Waals surface area contributed by atoms with Gasteiger partial charge in [0, 0.05) is 41.5 Å². The average molecular weight is 499 g/mol. The molecule has 5 aromatic rings. The maximum absolute atomic E-state index is 15.6. The molecule has 3 aromatic heterocycles. The van der Waals surface area contributed by atoms with Gasteiger partial charge in [0.2, 0.25) is 0 Å². The van der Waals surface area contributed by atoms with E-state index in [0.29, 0.717) is 39.9 Å². The fourth-order valence-corrected chi connectivity index (χ4v) is 5.10. The molecule has 0 spiro atoms. The Kier molecular flexibility index (Phi) is 5.84. The molecule has 0 bridgehead atoms. The summed E-state index contributed by atoms with van der Waals surface area (Å²) in [5, 5.41) is 8.51. The van der Waals surface area contributed by atoms with Gasteiger partial charge in [0.05, 0.1) is 17.8 Å². The number of hydrogen-bond acceptors (Lipinski definition) is 5. The minimum atomic E-state index is -0.658. The number of aryl methyl sites for hydroxylation is 1. The van der Waals surface area contributed by atoms with Crippen molar-refractivity contribution in [3.63, 3.8) is 0 Å². The highest BCUT2D eigenvalue weighted by Gasteiger charge is 2.32. The molecule has 4 heterocycles. The molecule has 0 aliphatic carbocycles. The summed E-state index contributed by atoms with van der Waals surface area (Å²) in [7, 11) is 0. The molecule has 6 rings (SSSR count). The van der Waals surface area contributed by atoms with Crippen molar-refractivity contribution in [2.75, 3.05) is 18.0 Å². The van der Waals surface area contributed by atoms with Crippen LogP contribution in [0.5, 0.6) is 0 Å². The van der Waals surface area contributed by atoms with Crippen molar-refractivity contribution in [2.24, 2.45) is 0 Å². The molecular formula is C28H24F2N6O. The number of anilines is 1. The minimum absolute atomic E-state index is 0.0772. The highest BCUT2D eigenvalue weighted by atomic mass is 19.1. The summed E-state index contributed by atoms with van der Waals surface area (Å²) in [5.74, 6) is -1.23. The quantitative estimate of drug-likeness (QED) is 0.380. The molecule has 0 saturated carbocycles. The van der Waals surface area contributed by atoms with Crippen molar-refractivity contribution in [1.29, 1.82) is 0 Å². The van der Waals surface area contributed by atoms with Crippen LogP contribution >= 0.6 is 0 Å². The summed E-state index contributed by atoms with van der Waals surface area (Å²) in [4.78, 5) is 24.4. The molecular weight excluding hydrogens is 474 g/mol. The first-order valence-electron chi connectivity index (χ1n) is 12.2. The summed E-state index contributed by atoms with van der Waals surface area (Å²) in [6, 6.07) is 10.7. The topological polar surface area (TPSA) is 75.4 Å². The van der Waals surface area contributed by atoms with E-state index in [1.807, 2.05) is 6.92 Å². The van der Waals surface area contributed by atoms with Gasteiger partial charge in [-0.25, -0.2) is 23.3 Å². The Morgan fingerprint density at radius 1 is 1.11 bits per heavy atom. The lowest BCUT2D eigenvalue weighted by Gasteiger charge is -2.35. The van der Waals surface area contributed by atoms with E-state index in [9.17, 15) is 9.18 Å². The van der Waals surface area contributed by atoms with Crippen LogP contribution in [0.1, 0.15) is 28.8 Å². The molecule has 1 aliphatic rings. The van der Waals surface area contributed by atoms with Crippen LogP contribution in [0, 0.1) is 18.6 Å². The van der Waals surface area contributed by atoms with Gasteiger partial charge in [-0.2, -0.15) is 5.10 Å². The number of hydrogen-bond donors (Lipinski definition) is 1. The minimum Gasteiger partial charge on any atom is -0.315 e. The Morgan fingerprint density at radius 2 is 2.00 bits per heavy atom. The summed E-state index contributed by atoms with van der Waals surface area (Å²) in [5.41, 5.74) is 2.53. The van der Waals surface area contributed by atoms with Crippen LogP contribution in [-0.2, 0) is 0 Å². The van der Waals surface area contributed by atoms with Crippen molar-refractivity contribution < 1.29 is 13.6 Å². The zero-order valence-electron chi connectivity index (χ0n) is 20.2. The number of fused-ring (bicyclic) bond motifs is 2. The van der Waals surface area contributed by atoms with Gasteiger partial charge in [0.25, 0.3) is 5.91 Å². The number of piperidine rings is 1. The highest BCUT2D eigenvalue weighted by molar-refractivity contribution is 6.11. The number of benzene rings is 2. The van der Waals surface area contributed by atoms with Crippen LogP contribution < -0.4 is 10.2 Å². The summed E-state index contributed by atoms with van der Waals surface area (Å²) >= 11 is 0. The maximum atomic E-state index is 15.6. The zero-order valence-corrected chi connectivity index (χ0v) is 20.2. The van der Waals surface area contributed by atoms with Crippen LogP contribution in [-0.4, -0.2) is 44.6 Å². The third-order valence-corrected chi connectivity index (χ3v) is 6.94. The first-order valence-corrected chi connectivity index (χ1v) is 12.2. The van der Waals surface area contributed by atoms with Gasteiger partial charge in [0.15, 0.2) is 5.65 Å². The Balaban J connectivity index is 1.46. The van der Waals surface area contributed by atoms with Gasteiger partial charge in [-0.05, 0) is 67.8 Å². The smallest absolute Gasteiger partial charge is 0.262 e. The molecule has 1 N–H and O–H groups in total. The molecule has 1 atom stereocenters. The number of carbonyl (C=O) groups is 1. The van der Waals surface area contributed by atoms with Crippen LogP contribution in [0.15, 0.2) is 67.3 Å². The molecule has 37 heavy (non-hydrogen) atoms. The van der Waals surface area contributed by atoms with E-state index < -0.39 is 17.5 Å². The van der Waals surface area contributed by atoms with E-state index in [1.165, 1.54) is 29.3 Å². The Labute approximate surface area is 211 Å². The number of amides is 1. The number of nitrogens with zero attached hydrogens (tertiary/aromatic N) is 5. The number of carbonyl (C=O) groups excluding carboxylic acids is 1.